The number of fused-ring (bicyclic) bond motifs is 4. The maximum Gasteiger partial charge on any atom is 0.303 e. The number of aromatic hydroxyl groups is 2. The van der Waals surface area contributed by atoms with Gasteiger partial charge in [0.05, 0.1) is 26.7 Å². The summed E-state index contributed by atoms with van der Waals surface area (Å²) in [6.45, 7) is 1.70. The second-order valence-electron chi connectivity index (χ2n) is 8.61. The van der Waals surface area contributed by atoms with E-state index >= 15 is 0 Å². The van der Waals surface area contributed by atoms with E-state index in [-0.39, 0.29) is 17.4 Å². The van der Waals surface area contributed by atoms with Gasteiger partial charge in [-0.1, -0.05) is 6.07 Å². The minimum atomic E-state index is -0.589. The van der Waals surface area contributed by atoms with Crippen LogP contribution in [0.2, 0.25) is 0 Å². The van der Waals surface area contributed by atoms with Crippen LogP contribution < -0.4 is 14.2 Å². The third kappa shape index (κ3) is 3.67. The Morgan fingerprint density at radius 3 is 2.47 bits per heavy atom. The number of rotatable bonds is 4. The third-order valence-corrected chi connectivity index (χ3v) is 6.57. The number of phenols is 2. The smallest absolute Gasteiger partial charge is 0.303 e. The number of benzene rings is 3. The molecule has 3 aromatic carbocycles. The van der Waals surface area contributed by atoms with E-state index in [4.69, 9.17) is 18.9 Å². The fraction of sp³-hybridized carbons (Fsp3) is 0.296. The molecular weight excluding hydrogens is 436 g/mol. The molecule has 0 bridgehead atoms. The Balaban J connectivity index is 1.65. The molecule has 0 spiro atoms. The summed E-state index contributed by atoms with van der Waals surface area (Å²) >= 11 is 0. The average molecular weight is 462 g/mol. The highest BCUT2D eigenvalue weighted by atomic mass is 16.6. The predicted octanol–water partition coefficient (Wildman–Crippen LogP) is 4.66. The molecule has 176 valence electrons. The molecule has 2 aliphatic rings. The molecule has 2 atom stereocenters. The summed E-state index contributed by atoms with van der Waals surface area (Å²) in [5.74, 6) is 1.13. The maximum atomic E-state index is 12.1. The number of hydrogen-bond donors (Lipinski definition) is 2. The van der Waals surface area contributed by atoms with Crippen LogP contribution in [0, 0.1) is 0 Å². The SMILES string of the molecule is COc1cc(C2COc3cc4c(cc3C2OC(C)=O)-c2c(cc(O)cc2OC)CC4)ccc1O. The highest BCUT2D eigenvalue weighted by Gasteiger charge is 2.37. The summed E-state index contributed by atoms with van der Waals surface area (Å²) < 4.78 is 22.9. The van der Waals surface area contributed by atoms with Gasteiger partial charge in [0.1, 0.15) is 23.4 Å². The van der Waals surface area contributed by atoms with E-state index in [0.29, 0.717) is 23.9 Å². The molecule has 2 unspecified atom stereocenters. The molecule has 2 N–H and O–H groups in total. The van der Waals surface area contributed by atoms with Crippen LogP contribution in [0.25, 0.3) is 11.1 Å². The first kappa shape index (κ1) is 21.9. The Bertz CT molecular complexity index is 1260. The molecule has 7 nitrogen and oxygen atoms in total. The molecule has 0 saturated heterocycles. The molecule has 0 aromatic heterocycles. The summed E-state index contributed by atoms with van der Waals surface area (Å²) in [6.07, 6.45) is 0.978. The van der Waals surface area contributed by atoms with Crippen LogP contribution in [0.1, 0.15) is 41.2 Å². The summed E-state index contributed by atoms with van der Waals surface area (Å²) in [6, 6.07) is 12.5. The summed E-state index contributed by atoms with van der Waals surface area (Å²) in [5.41, 5.74) is 5.61. The lowest BCUT2D eigenvalue weighted by molar-refractivity contribution is -0.149. The second kappa shape index (κ2) is 8.48. The molecule has 34 heavy (non-hydrogen) atoms. The maximum absolute atomic E-state index is 12.1. The van der Waals surface area contributed by atoms with Crippen molar-refractivity contribution in [3.05, 3.63) is 64.7 Å². The zero-order valence-electron chi connectivity index (χ0n) is 19.3. The molecule has 0 fully saturated rings. The molecular formula is C27H26O7. The van der Waals surface area contributed by atoms with Crippen molar-refractivity contribution in [1.29, 1.82) is 0 Å². The van der Waals surface area contributed by atoms with E-state index in [1.165, 1.54) is 14.0 Å². The fourth-order valence-corrected chi connectivity index (χ4v) is 5.02. The quantitative estimate of drug-likeness (QED) is 0.545. The van der Waals surface area contributed by atoms with Crippen molar-refractivity contribution in [2.45, 2.75) is 31.8 Å². The van der Waals surface area contributed by atoms with Crippen LogP contribution in [0.3, 0.4) is 0 Å². The first-order chi connectivity index (χ1) is 16.4. The number of hydrogen-bond acceptors (Lipinski definition) is 7. The van der Waals surface area contributed by atoms with Crippen molar-refractivity contribution >= 4 is 5.97 Å². The Morgan fingerprint density at radius 2 is 1.74 bits per heavy atom. The molecule has 5 rings (SSSR count). The van der Waals surface area contributed by atoms with Gasteiger partial charge in [-0.3, -0.25) is 4.79 Å². The molecule has 0 saturated carbocycles. The van der Waals surface area contributed by atoms with Crippen LogP contribution in [0.5, 0.6) is 28.7 Å². The zero-order chi connectivity index (χ0) is 24.0. The zero-order valence-corrected chi connectivity index (χ0v) is 19.3. The number of ether oxygens (including phenoxy) is 4. The molecule has 1 aliphatic carbocycles. The van der Waals surface area contributed by atoms with Gasteiger partial charge in [-0.05, 0) is 65.4 Å². The number of methoxy groups -OCH3 is 2. The van der Waals surface area contributed by atoms with Crippen LogP contribution in [0.4, 0.5) is 0 Å². The lowest BCUT2D eigenvalue weighted by Gasteiger charge is -2.35. The highest BCUT2D eigenvalue weighted by molar-refractivity contribution is 5.81. The lowest BCUT2D eigenvalue weighted by Crippen LogP contribution is -2.28. The van der Waals surface area contributed by atoms with Gasteiger partial charge in [0.25, 0.3) is 0 Å². The molecule has 7 heteroatoms. The summed E-state index contributed by atoms with van der Waals surface area (Å²) in [4.78, 5) is 12.1. The van der Waals surface area contributed by atoms with Crippen molar-refractivity contribution in [1.82, 2.24) is 0 Å². The summed E-state index contributed by atoms with van der Waals surface area (Å²) in [7, 11) is 3.07. The van der Waals surface area contributed by atoms with E-state index in [1.54, 1.807) is 37.4 Å². The van der Waals surface area contributed by atoms with Crippen LogP contribution in [-0.4, -0.2) is 37.0 Å². The van der Waals surface area contributed by atoms with Gasteiger partial charge >= 0.3 is 5.97 Å². The molecule has 1 heterocycles. The van der Waals surface area contributed by atoms with Gasteiger partial charge in [0, 0.05) is 24.1 Å². The monoisotopic (exact) mass is 462 g/mol. The van der Waals surface area contributed by atoms with Crippen LogP contribution in [0.15, 0.2) is 42.5 Å². The van der Waals surface area contributed by atoms with E-state index in [1.807, 2.05) is 12.1 Å². The molecule has 1 aliphatic heterocycles. The van der Waals surface area contributed by atoms with Gasteiger partial charge in [-0.2, -0.15) is 0 Å². The van der Waals surface area contributed by atoms with E-state index in [2.05, 4.69) is 0 Å². The van der Waals surface area contributed by atoms with Crippen molar-refractivity contribution in [3.8, 4) is 39.9 Å². The first-order valence-corrected chi connectivity index (χ1v) is 11.1. The summed E-state index contributed by atoms with van der Waals surface area (Å²) in [5, 5.41) is 20.1. The highest BCUT2D eigenvalue weighted by Crippen LogP contribution is 2.50. The lowest BCUT2D eigenvalue weighted by atomic mass is 9.80. The van der Waals surface area contributed by atoms with Gasteiger partial charge in [-0.15, -0.1) is 0 Å². The Kier molecular flexibility index (Phi) is 5.48. The minimum Gasteiger partial charge on any atom is -0.508 e. The van der Waals surface area contributed by atoms with Crippen LogP contribution >= 0.6 is 0 Å². The largest absolute Gasteiger partial charge is 0.508 e. The van der Waals surface area contributed by atoms with Crippen molar-refractivity contribution in [2.24, 2.45) is 0 Å². The average Bonchev–Trinajstić information content (AvgIpc) is 2.82. The molecule has 0 radical (unpaired) electrons. The van der Waals surface area contributed by atoms with Crippen molar-refractivity contribution in [3.63, 3.8) is 0 Å². The van der Waals surface area contributed by atoms with E-state index in [0.717, 1.165) is 46.2 Å². The second-order valence-corrected chi connectivity index (χ2v) is 8.61. The normalized spacial score (nSPS) is 18.1. The number of carbonyl (C=O) groups excluding carboxylic acids is 1. The fourth-order valence-electron chi connectivity index (χ4n) is 5.02. The topological polar surface area (TPSA) is 94.5 Å². The van der Waals surface area contributed by atoms with E-state index in [9.17, 15) is 15.0 Å². The number of aryl methyl sites for hydroxylation is 2. The third-order valence-electron chi connectivity index (χ3n) is 6.57. The molecule has 3 aromatic rings. The molecule has 0 amide bonds. The van der Waals surface area contributed by atoms with Gasteiger partial charge < -0.3 is 29.2 Å². The number of esters is 1. The first-order valence-electron chi connectivity index (χ1n) is 11.1. The van der Waals surface area contributed by atoms with Crippen molar-refractivity contribution < 1.29 is 34.0 Å². The van der Waals surface area contributed by atoms with Crippen LogP contribution in [-0.2, 0) is 22.4 Å². The van der Waals surface area contributed by atoms with Gasteiger partial charge in [-0.25, -0.2) is 0 Å². The predicted molar refractivity (Wildman–Crippen MR) is 125 cm³/mol. The van der Waals surface area contributed by atoms with Gasteiger partial charge in [0.15, 0.2) is 11.5 Å². The number of carbonyl (C=O) groups is 1. The standard InChI is InChI=1S/C27H26O7/c1-14(28)34-27-20-12-19-15(4-5-17-8-18(29)11-25(32-3)26(17)19)9-23(20)33-13-21(27)16-6-7-22(30)24(10-16)31-2/h6-12,21,27,29-30H,4-5,13H2,1-3H3. The minimum absolute atomic E-state index is 0.0356. The Morgan fingerprint density at radius 1 is 0.971 bits per heavy atom. The van der Waals surface area contributed by atoms with Crippen molar-refractivity contribution in [2.75, 3.05) is 20.8 Å². The van der Waals surface area contributed by atoms with Gasteiger partial charge in [0.2, 0.25) is 0 Å². The Labute approximate surface area is 197 Å². The Hall–Kier alpha value is -3.87. The number of phenolic OH excluding ortho intramolecular Hbond substituents is 2. The van der Waals surface area contributed by atoms with E-state index < -0.39 is 12.1 Å².